The fraction of sp³-hybridized carbons (Fsp3) is 0.632. The maximum absolute atomic E-state index is 12.8. The Morgan fingerprint density at radius 2 is 1.67 bits per heavy atom. The molecule has 150 valence electrons. The highest BCUT2D eigenvalue weighted by molar-refractivity contribution is 7.89. The normalized spacial score (nSPS) is 22.0. The van der Waals surface area contributed by atoms with Crippen LogP contribution in [0.15, 0.2) is 29.2 Å². The molecule has 2 heterocycles. The van der Waals surface area contributed by atoms with Crippen LogP contribution in [-0.2, 0) is 14.8 Å². The Morgan fingerprint density at radius 3 is 2.26 bits per heavy atom. The van der Waals surface area contributed by atoms with E-state index in [9.17, 15) is 13.2 Å². The van der Waals surface area contributed by atoms with Crippen molar-refractivity contribution < 1.29 is 13.2 Å². The summed E-state index contributed by atoms with van der Waals surface area (Å²) in [5.41, 5.74) is 0. The zero-order chi connectivity index (χ0) is 19.6. The summed E-state index contributed by atoms with van der Waals surface area (Å²) < 4.78 is 27.2. The number of halogens is 1. The van der Waals surface area contributed by atoms with Gasteiger partial charge in [-0.25, -0.2) is 8.42 Å². The Hall–Kier alpha value is -1.15. The van der Waals surface area contributed by atoms with Gasteiger partial charge in [-0.3, -0.25) is 9.69 Å². The number of carbonyl (C=O) groups excluding carboxylic acids is 1. The fourth-order valence-corrected chi connectivity index (χ4v) is 5.69. The van der Waals surface area contributed by atoms with E-state index >= 15 is 0 Å². The summed E-state index contributed by atoms with van der Waals surface area (Å²) in [5, 5.41) is 0.239. The van der Waals surface area contributed by atoms with Gasteiger partial charge >= 0.3 is 0 Å². The number of benzene rings is 1. The van der Waals surface area contributed by atoms with Crippen molar-refractivity contribution in [1.82, 2.24) is 14.1 Å². The van der Waals surface area contributed by atoms with Crippen molar-refractivity contribution in [3.05, 3.63) is 29.3 Å². The van der Waals surface area contributed by atoms with Gasteiger partial charge in [-0.2, -0.15) is 4.31 Å². The monoisotopic (exact) mass is 413 g/mol. The molecule has 0 spiro atoms. The summed E-state index contributed by atoms with van der Waals surface area (Å²) in [4.78, 5) is 17.0. The lowest BCUT2D eigenvalue weighted by Gasteiger charge is -2.39. The van der Waals surface area contributed by atoms with Crippen LogP contribution in [0.25, 0.3) is 0 Å². The molecule has 0 radical (unpaired) electrons. The highest BCUT2D eigenvalue weighted by atomic mass is 35.5. The van der Waals surface area contributed by atoms with E-state index in [1.165, 1.54) is 10.4 Å². The van der Waals surface area contributed by atoms with Crippen LogP contribution in [0, 0.1) is 5.92 Å². The number of piperidine rings is 1. The topological polar surface area (TPSA) is 60.9 Å². The SMILES string of the molecule is CC1CCN(C(=O)C(C)N2CCN(S(=O)(=O)c3ccccc3Cl)CC2)CC1. The van der Waals surface area contributed by atoms with Crippen LogP contribution in [0.5, 0.6) is 0 Å². The van der Waals surface area contributed by atoms with Crippen molar-refractivity contribution in [2.24, 2.45) is 5.92 Å². The standard InChI is InChI=1S/C19H28ClN3O3S/c1-15-7-9-22(10-8-15)19(24)16(2)21-11-13-23(14-12-21)27(25,26)18-6-4-3-5-17(18)20/h3-6,15-16H,7-14H2,1-2H3. The third kappa shape index (κ3) is 4.47. The second kappa shape index (κ2) is 8.47. The second-order valence-corrected chi connectivity index (χ2v) is 9.87. The Kier molecular flexibility index (Phi) is 6.46. The number of carbonyl (C=O) groups is 1. The number of hydrogen-bond donors (Lipinski definition) is 0. The molecule has 0 saturated carbocycles. The van der Waals surface area contributed by atoms with E-state index in [0.29, 0.717) is 32.1 Å². The average molecular weight is 414 g/mol. The fourth-order valence-electron chi connectivity index (χ4n) is 3.77. The lowest BCUT2D eigenvalue weighted by atomic mass is 9.98. The summed E-state index contributed by atoms with van der Waals surface area (Å²) in [5.74, 6) is 0.840. The molecule has 2 fully saturated rings. The quantitative estimate of drug-likeness (QED) is 0.759. The Balaban J connectivity index is 1.60. The predicted molar refractivity (Wildman–Crippen MR) is 106 cm³/mol. The Morgan fingerprint density at radius 1 is 1.07 bits per heavy atom. The predicted octanol–water partition coefficient (Wildman–Crippen LogP) is 2.29. The molecule has 6 nitrogen and oxygen atoms in total. The van der Waals surface area contributed by atoms with E-state index in [1.807, 2.05) is 11.8 Å². The molecule has 1 amide bonds. The van der Waals surface area contributed by atoms with Gasteiger partial charge in [-0.1, -0.05) is 30.7 Å². The third-order valence-corrected chi connectivity index (χ3v) is 8.13. The summed E-state index contributed by atoms with van der Waals surface area (Å²) >= 11 is 6.08. The number of rotatable bonds is 4. The molecule has 0 N–H and O–H groups in total. The van der Waals surface area contributed by atoms with E-state index in [-0.39, 0.29) is 21.9 Å². The van der Waals surface area contributed by atoms with E-state index in [4.69, 9.17) is 11.6 Å². The van der Waals surface area contributed by atoms with Crippen LogP contribution < -0.4 is 0 Å². The number of hydrogen-bond acceptors (Lipinski definition) is 4. The zero-order valence-electron chi connectivity index (χ0n) is 16.0. The summed E-state index contributed by atoms with van der Waals surface area (Å²) in [6.45, 7) is 7.62. The second-order valence-electron chi connectivity index (χ2n) is 7.55. The van der Waals surface area contributed by atoms with Crippen molar-refractivity contribution in [2.75, 3.05) is 39.3 Å². The van der Waals surface area contributed by atoms with Gasteiger partial charge in [0.2, 0.25) is 15.9 Å². The zero-order valence-corrected chi connectivity index (χ0v) is 17.5. The van der Waals surface area contributed by atoms with Crippen molar-refractivity contribution >= 4 is 27.5 Å². The molecular weight excluding hydrogens is 386 g/mol. The molecule has 1 aromatic carbocycles. The molecule has 1 atom stereocenters. The molecule has 2 saturated heterocycles. The van der Waals surface area contributed by atoms with Gasteiger partial charge in [-0.15, -0.1) is 0 Å². The first-order valence-corrected chi connectivity index (χ1v) is 11.4. The molecule has 0 bridgehead atoms. The number of sulfonamides is 1. The van der Waals surface area contributed by atoms with E-state index < -0.39 is 10.0 Å². The van der Waals surface area contributed by atoms with Crippen LogP contribution >= 0.6 is 11.6 Å². The van der Waals surface area contributed by atoms with Crippen molar-refractivity contribution in [3.63, 3.8) is 0 Å². The summed E-state index contributed by atoms with van der Waals surface area (Å²) in [7, 11) is -3.61. The number of piperazine rings is 1. The van der Waals surface area contributed by atoms with Gasteiger partial charge < -0.3 is 4.90 Å². The molecule has 3 rings (SSSR count). The van der Waals surface area contributed by atoms with Gasteiger partial charge in [0.15, 0.2) is 0 Å². The molecule has 8 heteroatoms. The Labute approximate surface area is 167 Å². The van der Waals surface area contributed by atoms with Crippen LogP contribution in [-0.4, -0.2) is 73.7 Å². The Bertz CT molecular complexity index is 770. The van der Waals surface area contributed by atoms with Gasteiger partial charge in [0.1, 0.15) is 4.90 Å². The first kappa shape index (κ1) is 20.6. The van der Waals surface area contributed by atoms with Crippen LogP contribution in [0.4, 0.5) is 0 Å². The smallest absolute Gasteiger partial charge is 0.244 e. The van der Waals surface area contributed by atoms with Crippen molar-refractivity contribution in [1.29, 1.82) is 0 Å². The average Bonchev–Trinajstić information content (AvgIpc) is 2.68. The number of likely N-dealkylation sites (tertiary alicyclic amines) is 1. The lowest BCUT2D eigenvalue weighted by Crippen LogP contribution is -2.56. The lowest BCUT2D eigenvalue weighted by molar-refractivity contribution is -0.138. The van der Waals surface area contributed by atoms with Gasteiger partial charge in [-0.05, 0) is 37.8 Å². The highest BCUT2D eigenvalue weighted by Crippen LogP contribution is 2.25. The molecule has 0 aliphatic carbocycles. The van der Waals surface area contributed by atoms with Crippen molar-refractivity contribution in [3.8, 4) is 0 Å². The molecule has 1 unspecified atom stereocenters. The van der Waals surface area contributed by atoms with Gasteiger partial charge in [0.25, 0.3) is 0 Å². The van der Waals surface area contributed by atoms with Gasteiger partial charge in [0.05, 0.1) is 11.1 Å². The molecule has 2 aliphatic heterocycles. The first-order valence-electron chi connectivity index (χ1n) is 9.58. The maximum Gasteiger partial charge on any atom is 0.244 e. The number of nitrogens with zero attached hydrogens (tertiary/aromatic N) is 3. The highest BCUT2D eigenvalue weighted by Gasteiger charge is 2.34. The maximum atomic E-state index is 12.8. The molecule has 2 aliphatic rings. The molecule has 0 aromatic heterocycles. The minimum absolute atomic E-state index is 0.145. The number of amides is 1. The minimum atomic E-state index is -3.61. The first-order chi connectivity index (χ1) is 12.8. The van der Waals surface area contributed by atoms with Crippen LogP contribution in [0.3, 0.4) is 0 Å². The summed E-state index contributed by atoms with van der Waals surface area (Å²) in [6.07, 6.45) is 2.12. The largest absolute Gasteiger partial charge is 0.341 e. The van der Waals surface area contributed by atoms with E-state index in [0.717, 1.165) is 25.9 Å². The third-order valence-electron chi connectivity index (χ3n) is 5.73. The molecule has 27 heavy (non-hydrogen) atoms. The molecular formula is C19H28ClN3O3S. The van der Waals surface area contributed by atoms with Crippen molar-refractivity contribution in [2.45, 2.75) is 37.6 Å². The van der Waals surface area contributed by atoms with Gasteiger partial charge in [0, 0.05) is 39.3 Å². The van der Waals surface area contributed by atoms with Crippen LogP contribution in [0.1, 0.15) is 26.7 Å². The minimum Gasteiger partial charge on any atom is -0.341 e. The van der Waals surface area contributed by atoms with E-state index in [1.54, 1.807) is 18.2 Å². The van der Waals surface area contributed by atoms with Crippen LogP contribution in [0.2, 0.25) is 5.02 Å². The summed E-state index contributed by atoms with van der Waals surface area (Å²) in [6, 6.07) is 6.30. The molecule has 1 aromatic rings. The van der Waals surface area contributed by atoms with E-state index in [2.05, 4.69) is 11.8 Å².